The van der Waals surface area contributed by atoms with Crippen LogP contribution in [0.25, 0.3) is 0 Å². The number of aliphatic hydroxyl groups excluding tert-OH is 1. The predicted octanol–water partition coefficient (Wildman–Crippen LogP) is 2.09. The first-order valence-corrected chi connectivity index (χ1v) is 6.35. The molecule has 0 aliphatic heterocycles. The Labute approximate surface area is 103 Å². The highest BCUT2D eigenvalue weighted by Gasteiger charge is 2.18. The summed E-state index contributed by atoms with van der Waals surface area (Å²) in [7, 11) is 1.37. The first kappa shape index (κ1) is 14.0. The lowest BCUT2D eigenvalue weighted by Crippen LogP contribution is -2.23. The summed E-state index contributed by atoms with van der Waals surface area (Å²) in [5.41, 5.74) is 0. The van der Waals surface area contributed by atoms with E-state index in [1.165, 1.54) is 20.0 Å². The molecule has 0 unspecified atom stereocenters. The molecule has 0 spiro atoms. The summed E-state index contributed by atoms with van der Waals surface area (Å²) >= 11 is 0. The predicted molar refractivity (Wildman–Crippen MR) is 66.7 cm³/mol. The molecule has 98 valence electrons. The lowest BCUT2D eigenvalue weighted by Gasteiger charge is -2.25. The van der Waals surface area contributed by atoms with E-state index in [0.717, 1.165) is 19.3 Å². The first-order chi connectivity index (χ1) is 8.26. The monoisotopic (exact) mass is 241 g/mol. The summed E-state index contributed by atoms with van der Waals surface area (Å²) in [6.45, 7) is 0.953. The third-order valence-corrected chi connectivity index (χ3v) is 3.32. The Balaban J connectivity index is 2.07. The molecule has 0 bridgehead atoms. The fourth-order valence-corrected chi connectivity index (χ4v) is 2.18. The van der Waals surface area contributed by atoms with Crippen LogP contribution < -0.4 is 5.32 Å². The number of ether oxygens (including phenoxy) is 1. The number of hydrogen-bond donors (Lipinski definition) is 2. The van der Waals surface area contributed by atoms with Crippen LogP contribution in [0.3, 0.4) is 0 Å². The molecule has 4 heteroatoms. The summed E-state index contributed by atoms with van der Waals surface area (Å²) in [6.07, 6.45) is 9.44. The molecule has 0 atom stereocenters. The third-order valence-electron chi connectivity index (χ3n) is 3.32. The molecule has 1 rings (SSSR count). The number of carbonyl (C=O) groups excluding carboxylic acids is 1. The molecule has 0 aromatic rings. The van der Waals surface area contributed by atoms with E-state index in [-0.39, 0.29) is 6.09 Å². The van der Waals surface area contributed by atoms with Gasteiger partial charge in [-0.05, 0) is 43.9 Å². The van der Waals surface area contributed by atoms with Crippen LogP contribution in [0.5, 0.6) is 0 Å². The van der Waals surface area contributed by atoms with Crippen molar-refractivity contribution in [2.75, 3.05) is 20.3 Å². The van der Waals surface area contributed by atoms with E-state index in [1.54, 1.807) is 0 Å². The van der Waals surface area contributed by atoms with Crippen molar-refractivity contribution in [3.05, 3.63) is 12.2 Å². The molecule has 0 radical (unpaired) electrons. The standard InChI is InChI=1S/C13H23NO3/c1-17-13(16)14-9-3-2-4-11-5-7-12(10-15)8-6-11/h2,4,11-12,15H,3,5-10H2,1H3,(H,14,16). The summed E-state index contributed by atoms with van der Waals surface area (Å²) in [5.74, 6) is 1.16. The van der Waals surface area contributed by atoms with E-state index in [1.807, 2.05) is 0 Å². The van der Waals surface area contributed by atoms with E-state index in [4.69, 9.17) is 5.11 Å². The molecule has 1 aliphatic carbocycles. The number of nitrogens with one attached hydrogen (secondary N) is 1. The van der Waals surface area contributed by atoms with Gasteiger partial charge in [0.2, 0.25) is 0 Å². The van der Waals surface area contributed by atoms with Crippen LogP contribution in [0, 0.1) is 11.8 Å². The minimum absolute atomic E-state index is 0.333. The number of rotatable bonds is 5. The van der Waals surface area contributed by atoms with Gasteiger partial charge in [-0.1, -0.05) is 12.2 Å². The average molecular weight is 241 g/mol. The molecule has 17 heavy (non-hydrogen) atoms. The highest BCUT2D eigenvalue weighted by atomic mass is 16.5. The molecule has 0 aromatic heterocycles. The van der Waals surface area contributed by atoms with Gasteiger partial charge in [0, 0.05) is 13.2 Å². The molecule has 1 aliphatic rings. The van der Waals surface area contributed by atoms with Crippen molar-refractivity contribution < 1.29 is 14.6 Å². The highest BCUT2D eigenvalue weighted by Crippen LogP contribution is 2.29. The van der Waals surface area contributed by atoms with Crippen LogP contribution in [-0.4, -0.2) is 31.5 Å². The van der Waals surface area contributed by atoms with Crippen molar-refractivity contribution >= 4 is 6.09 Å². The van der Waals surface area contributed by atoms with Gasteiger partial charge in [0.1, 0.15) is 0 Å². The van der Waals surface area contributed by atoms with Crippen molar-refractivity contribution in [2.45, 2.75) is 32.1 Å². The van der Waals surface area contributed by atoms with Gasteiger partial charge in [-0.2, -0.15) is 0 Å². The number of amides is 1. The Hall–Kier alpha value is -1.03. The number of aliphatic hydroxyl groups is 1. The second kappa shape index (κ2) is 8.12. The molecular formula is C13H23NO3. The minimum Gasteiger partial charge on any atom is -0.453 e. The van der Waals surface area contributed by atoms with E-state index in [9.17, 15) is 4.79 Å². The number of alkyl carbamates (subject to hydrolysis) is 1. The maximum Gasteiger partial charge on any atom is 0.406 e. The zero-order valence-corrected chi connectivity index (χ0v) is 10.5. The molecular weight excluding hydrogens is 218 g/mol. The van der Waals surface area contributed by atoms with Crippen LogP contribution >= 0.6 is 0 Å². The number of methoxy groups -OCH3 is 1. The fraction of sp³-hybridized carbons (Fsp3) is 0.769. The topological polar surface area (TPSA) is 58.6 Å². The van der Waals surface area contributed by atoms with Crippen LogP contribution in [-0.2, 0) is 4.74 Å². The Morgan fingerprint density at radius 3 is 2.71 bits per heavy atom. The van der Waals surface area contributed by atoms with E-state index < -0.39 is 0 Å². The fourth-order valence-electron chi connectivity index (χ4n) is 2.18. The molecule has 1 fully saturated rings. The Bertz CT molecular complexity index is 245. The molecule has 0 heterocycles. The van der Waals surface area contributed by atoms with Gasteiger partial charge in [0.25, 0.3) is 0 Å². The van der Waals surface area contributed by atoms with Crippen molar-refractivity contribution in [3.8, 4) is 0 Å². The normalized spacial score (nSPS) is 24.8. The molecule has 0 aromatic carbocycles. The Morgan fingerprint density at radius 2 is 2.12 bits per heavy atom. The third kappa shape index (κ3) is 5.73. The summed E-state index contributed by atoms with van der Waals surface area (Å²) in [4.78, 5) is 10.8. The molecule has 1 amide bonds. The van der Waals surface area contributed by atoms with Crippen LogP contribution in [0.15, 0.2) is 12.2 Å². The molecule has 4 nitrogen and oxygen atoms in total. The zero-order chi connectivity index (χ0) is 12.5. The quantitative estimate of drug-likeness (QED) is 0.572. The maximum atomic E-state index is 10.8. The summed E-state index contributed by atoms with van der Waals surface area (Å²) < 4.78 is 4.47. The van der Waals surface area contributed by atoms with Crippen LogP contribution in [0.1, 0.15) is 32.1 Å². The van der Waals surface area contributed by atoms with Gasteiger partial charge >= 0.3 is 6.09 Å². The Kier molecular flexibility index (Phi) is 6.70. The van der Waals surface area contributed by atoms with Gasteiger partial charge < -0.3 is 15.2 Å². The smallest absolute Gasteiger partial charge is 0.406 e. The van der Waals surface area contributed by atoms with Gasteiger partial charge in [-0.25, -0.2) is 4.79 Å². The van der Waals surface area contributed by atoms with Gasteiger partial charge in [-0.3, -0.25) is 0 Å². The second-order valence-corrected chi connectivity index (χ2v) is 4.60. The molecule has 1 saturated carbocycles. The maximum absolute atomic E-state index is 10.8. The summed E-state index contributed by atoms with van der Waals surface area (Å²) in [5, 5.41) is 11.7. The highest BCUT2D eigenvalue weighted by molar-refractivity contribution is 5.66. The number of hydrogen-bond acceptors (Lipinski definition) is 3. The van der Waals surface area contributed by atoms with Gasteiger partial charge in [0.15, 0.2) is 0 Å². The lowest BCUT2D eigenvalue weighted by atomic mass is 9.82. The van der Waals surface area contributed by atoms with Crippen molar-refractivity contribution in [1.29, 1.82) is 0 Å². The second-order valence-electron chi connectivity index (χ2n) is 4.60. The molecule has 0 saturated heterocycles. The largest absolute Gasteiger partial charge is 0.453 e. The average Bonchev–Trinajstić information content (AvgIpc) is 2.38. The van der Waals surface area contributed by atoms with Crippen molar-refractivity contribution in [3.63, 3.8) is 0 Å². The summed E-state index contributed by atoms with van der Waals surface area (Å²) in [6, 6.07) is 0. The lowest BCUT2D eigenvalue weighted by molar-refractivity contribution is 0.171. The SMILES string of the molecule is COC(=O)NCCC=CC1CCC(CO)CC1. The van der Waals surface area contributed by atoms with Crippen LogP contribution in [0.2, 0.25) is 0 Å². The van der Waals surface area contributed by atoms with Crippen molar-refractivity contribution in [2.24, 2.45) is 11.8 Å². The molecule has 2 N–H and O–H groups in total. The number of carbonyl (C=O) groups is 1. The van der Waals surface area contributed by atoms with Gasteiger partial charge in [0.05, 0.1) is 7.11 Å². The van der Waals surface area contributed by atoms with E-state index >= 15 is 0 Å². The number of allylic oxidation sites excluding steroid dienone is 1. The first-order valence-electron chi connectivity index (χ1n) is 6.35. The van der Waals surface area contributed by atoms with Gasteiger partial charge in [-0.15, -0.1) is 0 Å². The van der Waals surface area contributed by atoms with E-state index in [2.05, 4.69) is 22.2 Å². The zero-order valence-electron chi connectivity index (χ0n) is 10.5. The van der Waals surface area contributed by atoms with Crippen LogP contribution in [0.4, 0.5) is 4.79 Å². The van der Waals surface area contributed by atoms with E-state index in [0.29, 0.717) is 25.0 Å². The van der Waals surface area contributed by atoms with Crippen molar-refractivity contribution in [1.82, 2.24) is 5.32 Å². The minimum atomic E-state index is -0.373. The Morgan fingerprint density at radius 1 is 1.41 bits per heavy atom.